The van der Waals surface area contributed by atoms with Crippen LogP contribution in [0.15, 0.2) is 0 Å². The largest absolute Gasteiger partial charge is 0.459 e. The molecule has 0 aromatic rings. The predicted octanol–water partition coefficient (Wildman–Crippen LogP) is 3.50. The van der Waals surface area contributed by atoms with E-state index in [-0.39, 0.29) is 6.42 Å². The second-order valence-corrected chi connectivity index (χ2v) is 3.92. The maximum atomic E-state index is 12.9. The summed E-state index contributed by atoms with van der Waals surface area (Å²) in [5.41, 5.74) is 0. The van der Waals surface area contributed by atoms with Crippen molar-refractivity contribution in [3.63, 3.8) is 0 Å². The molecule has 0 spiro atoms. The third kappa shape index (κ3) is 4.73. The van der Waals surface area contributed by atoms with Gasteiger partial charge in [-0.15, -0.1) is 0 Å². The zero-order valence-electron chi connectivity index (χ0n) is 9.86. The molecule has 0 aromatic heterocycles. The summed E-state index contributed by atoms with van der Waals surface area (Å²) >= 11 is 0. The van der Waals surface area contributed by atoms with E-state index in [0.717, 1.165) is 0 Å². The summed E-state index contributed by atoms with van der Waals surface area (Å²) in [5, 5.41) is 0. The molecule has 0 saturated carbocycles. The van der Waals surface area contributed by atoms with Crippen molar-refractivity contribution in [1.82, 2.24) is 0 Å². The normalized spacial score (nSPS) is 14.7. The summed E-state index contributed by atoms with van der Waals surface area (Å²) in [7, 11) is 0. The van der Waals surface area contributed by atoms with Gasteiger partial charge in [0.05, 0.1) is 12.3 Å². The van der Waals surface area contributed by atoms with E-state index >= 15 is 0 Å². The first-order valence-electron chi connectivity index (χ1n) is 5.24. The van der Waals surface area contributed by atoms with Gasteiger partial charge in [0.15, 0.2) is 6.61 Å². The summed E-state index contributed by atoms with van der Waals surface area (Å²) in [5.74, 6) is -11.5. The lowest BCUT2D eigenvalue weighted by molar-refractivity contribution is -0.243. The molecule has 0 rings (SSSR count). The van der Waals surface area contributed by atoms with Crippen molar-refractivity contribution in [3.8, 4) is 0 Å². The van der Waals surface area contributed by atoms with Crippen molar-refractivity contribution in [2.24, 2.45) is 5.92 Å². The number of carbonyl (C=O) groups is 1. The second-order valence-electron chi connectivity index (χ2n) is 3.92. The second kappa shape index (κ2) is 6.29. The van der Waals surface area contributed by atoms with Crippen LogP contribution in [0.1, 0.15) is 26.7 Å². The summed E-state index contributed by atoms with van der Waals surface area (Å²) in [4.78, 5) is 11.0. The molecular weight excluding hydrogens is 266 g/mol. The number of esters is 1. The topological polar surface area (TPSA) is 26.3 Å². The van der Waals surface area contributed by atoms with E-state index in [4.69, 9.17) is 0 Å². The minimum Gasteiger partial charge on any atom is -0.459 e. The highest BCUT2D eigenvalue weighted by Crippen LogP contribution is 2.39. The Morgan fingerprint density at radius 1 is 1.17 bits per heavy atom. The van der Waals surface area contributed by atoms with Gasteiger partial charge in [-0.05, 0) is 6.42 Å². The standard InChI is InChI=1S/C10H14F6O2/c1-3-6(2)8(17)18-5-10(15,16)9(13,14)4-7(11)12/h6-7H,3-5H2,1-2H3. The molecule has 0 heterocycles. The van der Waals surface area contributed by atoms with Crippen LogP contribution in [0.5, 0.6) is 0 Å². The molecule has 1 atom stereocenters. The van der Waals surface area contributed by atoms with Gasteiger partial charge in [0, 0.05) is 0 Å². The van der Waals surface area contributed by atoms with Crippen molar-refractivity contribution >= 4 is 5.97 Å². The molecule has 0 aliphatic carbocycles. The SMILES string of the molecule is CCC(C)C(=O)OCC(F)(F)C(F)(F)CC(F)F. The van der Waals surface area contributed by atoms with Gasteiger partial charge in [0.2, 0.25) is 6.43 Å². The van der Waals surface area contributed by atoms with Gasteiger partial charge < -0.3 is 4.74 Å². The number of carbonyl (C=O) groups excluding carboxylic acids is 1. The Bertz CT molecular complexity index is 280. The van der Waals surface area contributed by atoms with Crippen LogP contribution in [-0.2, 0) is 9.53 Å². The number of hydrogen-bond donors (Lipinski definition) is 0. The third-order valence-electron chi connectivity index (χ3n) is 2.36. The van der Waals surface area contributed by atoms with Gasteiger partial charge in [-0.3, -0.25) is 4.79 Å². The molecule has 108 valence electrons. The number of hydrogen-bond acceptors (Lipinski definition) is 2. The Hall–Kier alpha value is -0.950. The molecular formula is C10H14F6O2. The van der Waals surface area contributed by atoms with Gasteiger partial charge in [-0.2, -0.15) is 17.6 Å². The number of halogens is 6. The predicted molar refractivity (Wildman–Crippen MR) is 50.9 cm³/mol. The molecule has 0 N–H and O–H groups in total. The van der Waals surface area contributed by atoms with E-state index in [2.05, 4.69) is 4.74 Å². The highest BCUT2D eigenvalue weighted by molar-refractivity contribution is 5.71. The van der Waals surface area contributed by atoms with E-state index in [0.29, 0.717) is 0 Å². The van der Waals surface area contributed by atoms with Crippen LogP contribution in [-0.4, -0.2) is 30.8 Å². The Kier molecular flexibility index (Phi) is 5.95. The number of ether oxygens (including phenoxy) is 1. The lowest BCUT2D eigenvalue weighted by atomic mass is 10.1. The molecule has 0 amide bonds. The zero-order valence-corrected chi connectivity index (χ0v) is 9.86. The van der Waals surface area contributed by atoms with Crippen LogP contribution in [0.2, 0.25) is 0 Å². The van der Waals surface area contributed by atoms with Crippen molar-refractivity contribution in [2.45, 2.75) is 45.0 Å². The lowest BCUT2D eigenvalue weighted by Gasteiger charge is -2.26. The summed E-state index contributed by atoms with van der Waals surface area (Å²) in [6.07, 6.45) is -5.56. The fourth-order valence-corrected chi connectivity index (χ4v) is 0.919. The van der Waals surface area contributed by atoms with E-state index < -0.39 is 43.2 Å². The van der Waals surface area contributed by atoms with Gasteiger partial charge in [-0.25, -0.2) is 8.78 Å². The third-order valence-corrected chi connectivity index (χ3v) is 2.36. The molecule has 0 bridgehead atoms. The van der Waals surface area contributed by atoms with E-state index in [1.807, 2.05) is 0 Å². The molecule has 0 fully saturated rings. The van der Waals surface area contributed by atoms with Crippen molar-refractivity contribution in [3.05, 3.63) is 0 Å². The monoisotopic (exact) mass is 280 g/mol. The average molecular weight is 280 g/mol. The van der Waals surface area contributed by atoms with Crippen LogP contribution >= 0.6 is 0 Å². The van der Waals surface area contributed by atoms with E-state index in [1.165, 1.54) is 6.92 Å². The number of alkyl halides is 6. The molecule has 0 radical (unpaired) electrons. The molecule has 1 unspecified atom stereocenters. The van der Waals surface area contributed by atoms with Crippen LogP contribution in [0.3, 0.4) is 0 Å². The molecule has 18 heavy (non-hydrogen) atoms. The Morgan fingerprint density at radius 2 is 1.67 bits per heavy atom. The minimum atomic E-state index is -4.92. The molecule has 0 aliphatic heterocycles. The molecule has 2 nitrogen and oxygen atoms in total. The van der Waals surface area contributed by atoms with Gasteiger partial charge in [0.1, 0.15) is 0 Å². The van der Waals surface area contributed by atoms with Crippen LogP contribution in [0, 0.1) is 5.92 Å². The lowest BCUT2D eigenvalue weighted by Crippen LogP contribution is -2.46. The highest BCUT2D eigenvalue weighted by Gasteiger charge is 2.58. The minimum absolute atomic E-state index is 0.290. The molecule has 0 saturated heterocycles. The molecule has 0 aromatic carbocycles. The van der Waals surface area contributed by atoms with Gasteiger partial charge in [-0.1, -0.05) is 13.8 Å². The average Bonchev–Trinajstić information content (AvgIpc) is 2.22. The summed E-state index contributed by atoms with van der Waals surface area (Å²) < 4.78 is 78.8. The quantitative estimate of drug-likeness (QED) is 0.527. The van der Waals surface area contributed by atoms with Crippen molar-refractivity contribution < 1.29 is 35.9 Å². The Labute approximate surface area is 100 Å². The molecule has 0 aliphatic rings. The maximum absolute atomic E-state index is 12.9. The first-order valence-corrected chi connectivity index (χ1v) is 5.24. The van der Waals surface area contributed by atoms with E-state index in [9.17, 15) is 31.1 Å². The van der Waals surface area contributed by atoms with Crippen LogP contribution in [0.4, 0.5) is 26.3 Å². The fraction of sp³-hybridized carbons (Fsp3) is 0.900. The van der Waals surface area contributed by atoms with Crippen molar-refractivity contribution in [1.29, 1.82) is 0 Å². The van der Waals surface area contributed by atoms with Crippen LogP contribution in [0.25, 0.3) is 0 Å². The fourth-order valence-electron chi connectivity index (χ4n) is 0.919. The smallest absolute Gasteiger partial charge is 0.343 e. The summed E-state index contributed by atoms with van der Waals surface area (Å²) in [6.45, 7) is 1.04. The van der Waals surface area contributed by atoms with Crippen molar-refractivity contribution in [2.75, 3.05) is 6.61 Å². The maximum Gasteiger partial charge on any atom is 0.343 e. The van der Waals surface area contributed by atoms with Gasteiger partial charge in [0.25, 0.3) is 0 Å². The first kappa shape index (κ1) is 17.1. The zero-order chi connectivity index (χ0) is 14.6. The Balaban J connectivity index is 4.51. The van der Waals surface area contributed by atoms with Gasteiger partial charge >= 0.3 is 17.8 Å². The van der Waals surface area contributed by atoms with E-state index in [1.54, 1.807) is 6.92 Å². The first-order chi connectivity index (χ1) is 8.03. The summed E-state index contributed by atoms with van der Waals surface area (Å²) in [6, 6.07) is 0. The van der Waals surface area contributed by atoms with Crippen LogP contribution < -0.4 is 0 Å². The number of rotatable bonds is 7. The highest BCUT2D eigenvalue weighted by atomic mass is 19.3. The molecule has 8 heteroatoms. The Morgan fingerprint density at radius 3 is 2.06 bits per heavy atom.